The number of amides is 2. The molecule has 1 atom stereocenters. The average molecular weight is 426 g/mol. The molecule has 1 saturated heterocycles. The number of hydrogen-bond acceptors (Lipinski definition) is 5. The topological polar surface area (TPSA) is 92.5 Å². The predicted octanol–water partition coefficient (Wildman–Crippen LogP) is 3.40. The van der Waals surface area contributed by atoms with Gasteiger partial charge >= 0.3 is 0 Å². The molecule has 5 rings (SSSR count). The number of carbonyl (C=O) groups excluding carboxylic acids is 2. The number of aromatic nitrogens is 4. The van der Waals surface area contributed by atoms with Gasteiger partial charge in [0.05, 0.1) is 11.6 Å². The SMILES string of the molecule is Cc1ccc(N2CC(C(=O)Nc3cccc(-c4ccc5nncn5n4)c3)CC2=O)cc1C. The van der Waals surface area contributed by atoms with Gasteiger partial charge < -0.3 is 10.2 Å². The minimum atomic E-state index is -0.403. The van der Waals surface area contributed by atoms with Gasteiger partial charge in [0.1, 0.15) is 6.33 Å². The summed E-state index contributed by atoms with van der Waals surface area (Å²) < 4.78 is 1.60. The van der Waals surface area contributed by atoms with Gasteiger partial charge in [-0.05, 0) is 61.4 Å². The van der Waals surface area contributed by atoms with Gasteiger partial charge in [-0.3, -0.25) is 9.59 Å². The molecule has 0 saturated carbocycles. The van der Waals surface area contributed by atoms with Crippen LogP contribution in [-0.2, 0) is 9.59 Å². The minimum Gasteiger partial charge on any atom is -0.326 e. The van der Waals surface area contributed by atoms with Crippen LogP contribution in [0.3, 0.4) is 0 Å². The van der Waals surface area contributed by atoms with Gasteiger partial charge in [0.2, 0.25) is 11.8 Å². The number of nitrogens with zero attached hydrogens (tertiary/aromatic N) is 5. The summed E-state index contributed by atoms with van der Waals surface area (Å²) in [6.07, 6.45) is 1.74. The fourth-order valence-corrected chi connectivity index (χ4v) is 3.91. The minimum absolute atomic E-state index is 0.0337. The first kappa shape index (κ1) is 19.9. The van der Waals surface area contributed by atoms with E-state index in [2.05, 4.69) is 20.6 Å². The lowest BCUT2D eigenvalue weighted by Gasteiger charge is -2.18. The molecule has 1 aliphatic rings. The monoisotopic (exact) mass is 426 g/mol. The van der Waals surface area contributed by atoms with Crippen LogP contribution in [0.25, 0.3) is 16.9 Å². The van der Waals surface area contributed by atoms with Gasteiger partial charge in [-0.1, -0.05) is 18.2 Å². The van der Waals surface area contributed by atoms with Crippen LogP contribution in [0.15, 0.2) is 60.9 Å². The molecular formula is C24H22N6O2. The summed E-state index contributed by atoms with van der Waals surface area (Å²) >= 11 is 0. The van der Waals surface area contributed by atoms with Crippen molar-refractivity contribution in [1.82, 2.24) is 19.8 Å². The molecule has 0 spiro atoms. The Bertz CT molecular complexity index is 1350. The highest BCUT2D eigenvalue weighted by Crippen LogP contribution is 2.28. The number of carbonyl (C=O) groups is 2. The highest BCUT2D eigenvalue weighted by molar-refractivity contribution is 6.03. The highest BCUT2D eigenvalue weighted by Gasteiger charge is 2.35. The zero-order valence-electron chi connectivity index (χ0n) is 17.8. The van der Waals surface area contributed by atoms with Crippen LogP contribution in [0.4, 0.5) is 11.4 Å². The number of fused-ring (bicyclic) bond motifs is 1. The second-order valence-corrected chi connectivity index (χ2v) is 8.10. The Morgan fingerprint density at radius 2 is 1.94 bits per heavy atom. The molecule has 8 heteroatoms. The van der Waals surface area contributed by atoms with E-state index in [1.807, 2.05) is 68.4 Å². The van der Waals surface area contributed by atoms with Gasteiger partial charge in [0.15, 0.2) is 5.65 Å². The summed E-state index contributed by atoms with van der Waals surface area (Å²) in [5.41, 5.74) is 6.06. The van der Waals surface area contributed by atoms with Crippen LogP contribution < -0.4 is 10.2 Å². The molecule has 1 fully saturated rings. The molecule has 0 radical (unpaired) electrons. The molecule has 4 aromatic rings. The Hall–Kier alpha value is -4.07. The van der Waals surface area contributed by atoms with E-state index in [-0.39, 0.29) is 18.2 Å². The number of aryl methyl sites for hydroxylation is 2. The number of rotatable bonds is 4. The average Bonchev–Trinajstić information content (AvgIpc) is 3.42. The van der Waals surface area contributed by atoms with Crippen molar-refractivity contribution in [1.29, 1.82) is 0 Å². The van der Waals surface area contributed by atoms with Gasteiger partial charge in [-0.15, -0.1) is 10.2 Å². The third-order valence-electron chi connectivity index (χ3n) is 5.89. The van der Waals surface area contributed by atoms with Gasteiger partial charge in [-0.2, -0.15) is 9.61 Å². The molecule has 160 valence electrons. The summed E-state index contributed by atoms with van der Waals surface area (Å²) in [5, 5.41) is 15.3. The third kappa shape index (κ3) is 3.71. The lowest BCUT2D eigenvalue weighted by molar-refractivity contribution is -0.122. The molecule has 0 aliphatic carbocycles. The van der Waals surface area contributed by atoms with Crippen molar-refractivity contribution in [2.24, 2.45) is 5.92 Å². The van der Waals surface area contributed by atoms with E-state index in [4.69, 9.17) is 0 Å². The number of benzene rings is 2. The van der Waals surface area contributed by atoms with Crippen LogP contribution in [-0.4, -0.2) is 38.2 Å². The zero-order valence-corrected chi connectivity index (χ0v) is 17.8. The largest absolute Gasteiger partial charge is 0.326 e. The number of anilines is 2. The Morgan fingerprint density at radius 3 is 2.78 bits per heavy atom. The maximum absolute atomic E-state index is 12.9. The van der Waals surface area contributed by atoms with Gasteiger partial charge in [0.25, 0.3) is 0 Å². The van der Waals surface area contributed by atoms with Crippen LogP contribution in [0.5, 0.6) is 0 Å². The Morgan fingerprint density at radius 1 is 1.06 bits per heavy atom. The molecule has 2 amide bonds. The lowest BCUT2D eigenvalue weighted by Crippen LogP contribution is -2.28. The molecule has 2 aromatic carbocycles. The summed E-state index contributed by atoms with van der Waals surface area (Å²) in [7, 11) is 0. The number of hydrogen-bond donors (Lipinski definition) is 1. The van der Waals surface area contributed by atoms with Crippen LogP contribution in [0.2, 0.25) is 0 Å². The molecule has 1 N–H and O–H groups in total. The quantitative estimate of drug-likeness (QED) is 0.540. The van der Waals surface area contributed by atoms with Crippen molar-refractivity contribution in [2.75, 3.05) is 16.8 Å². The van der Waals surface area contributed by atoms with Crippen molar-refractivity contribution in [3.63, 3.8) is 0 Å². The van der Waals surface area contributed by atoms with Crippen LogP contribution >= 0.6 is 0 Å². The second-order valence-electron chi connectivity index (χ2n) is 8.10. The van der Waals surface area contributed by atoms with E-state index in [0.29, 0.717) is 17.9 Å². The fourth-order valence-electron chi connectivity index (χ4n) is 3.91. The number of nitrogens with one attached hydrogen (secondary N) is 1. The first-order valence-corrected chi connectivity index (χ1v) is 10.4. The summed E-state index contributed by atoms with van der Waals surface area (Å²) in [4.78, 5) is 27.2. The Balaban J connectivity index is 1.31. The highest BCUT2D eigenvalue weighted by atomic mass is 16.2. The summed E-state index contributed by atoms with van der Waals surface area (Å²) in [6.45, 7) is 4.43. The van der Waals surface area contributed by atoms with E-state index in [0.717, 1.165) is 22.5 Å². The Labute approximate surface area is 184 Å². The smallest absolute Gasteiger partial charge is 0.229 e. The van der Waals surface area contributed by atoms with Crippen molar-refractivity contribution < 1.29 is 9.59 Å². The maximum Gasteiger partial charge on any atom is 0.229 e. The summed E-state index contributed by atoms with van der Waals surface area (Å²) in [6, 6.07) is 17.1. The molecule has 2 aromatic heterocycles. The summed E-state index contributed by atoms with van der Waals surface area (Å²) in [5.74, 6) is -0.600. The van der Waals surface area contributed by atoms with Gasteiger partial charge in [0, 0.05) is 29.9 Å². The standard InChI is InChI=1S/C24H22N6O2/c1-15-6-7-20(10-16(15)2)29-13-18(12-23(29)31)24(32)26-19-5-3-4-17(11-19)21-8-9-22-27-25-14-30(22)28-21/h3-11,14,18H,12-13H2,1-2H3,(H,26,32). The predicted molar refractivity (Wildman–Crippen MR) is 121 cm³/mol. The van der Waals surface area contributed by atoms with E-state index in [1.54, 1.807) is 15.7 Å². The van der Waals surface area contributed by atoms with Crippen molar-refractivity contribution >= 4 is 28.8 Å². The van der Waals surface area contributed by atoms with Crippen molar-refractivity contribution in [2.45, 2.75) is 20.3 Å². The first-order chi connectivity index (χ1) is 15.5. The zero-order chi connectivity index (χ0) is 22.2. The molecule has 0 bridgehead atoms. The molecule has 32 heavy (non-hydrogen) atoms. The maximum atomic E-state index is 12.9. The molecule has 3 heterocycles. The van der Waals surface area contributed by atoms with Crippen molar-refractivity contribution in [3.8, 4) is 11.3 Å². The van der Waals surface area contributed by atoms with Crippen LogP contribution in [0.1, 0.15) is 17.5 Å². The normalized spacial score (nSPS) is 16.0. The molecular weight excluding hydrogens is 404 g/mol. The fraction of sp³-hybridized carbons (Fsp3) is 0.208. The van der Waals surface area contributed by atoms with E-state index in [9.17, 15) is 9.59 Å². The third-order valence-corrected chi connectivity index (χ3v) is 5.89. The second kappa shape index (κ2) is 7.88. The van der Waals surface area contributed by atoms with Gasteiger partial charge in [-0.25, -0.2) is 0 Å². The first-order valence-electron chi connectivity index (χ1n) is 10.4. The lowest BCUT2D eigenvalue weighted by atomic mass is 10.1. The van der Waals surface area contributed by atoms with E-state index >= 15 is 0 Å². The molecule has 8 nitrogen and oxygen atoms in total. The van der Waals surface area contributed by atoms with Crippen LogP contribution in [0, 0.1) is 19.8 Å². The van der Waals surface area contributed by atoms with E-state index in [1.165, 1.54) is 5.56 Å². The Kier molecular flexibility index (Phi) is 4.89. The van der Waals surface area contributed by atoms with E-state index < -0.39 is 5.92 Å². The molecule has 1 unspecified atom stereocenters. The van der Waals surface area contributed by atoms with Crippen molar-refractivity contribution in [3.05, 3.63) is 72.1 Å². The molecule has 1 aliphatic heterocycles.